The molecule has 1 N–H and O–H groups in total. The van der Waals surface area contributed by atoms with E-state index >= 15 is 0 Å². The number of carboxylic acid groups (broad SMARTS) is 1. The molecular weight excluding hydrogens is 368 g/mol. The minimum Gasteiger partial charge on any atom is -0.478 e. The van der Waals surface area contributed by atoms with Crippen LogP contribution in [0.25, 0.3) is 11.3 Å². The summed E-state index contributed by atoms with van der Waals surface area (Å²) < 4.78 is 27.2. The highest BCUT2D eigenvalue weighted by atomic mass is 32.2. The van der Waals surface area contributed by atoms with E-state index < -0.39 is 16.2 Å². The predicted octanol–water partition coefficient (Wildman–Crippen LogP) is 1.83. The summed E-state index contributed by atoms with van der Waals surface area (Å²) in [6.45, 7) is 0.903. The minimum atomic E-state index is -3.39. The van der Waals surface area contributed by atoms with Gasteiger partial charge in [-0.1, -0.05) is 6.07 Å². The number of piperidine rings is 1. The molecule has 0 amide bonds. The Kier molecular flexibility index (Phi) is 5.54. The zero-order valence-electron chi connectivity index (χ0n) is 15.2. The summed E-state index contributed by atoms with van der Waals surface area (Å²) in [5, 5.41) is 9.13. The van der Waals surface area contributed by atoms with Crippen LogP contribution in [0.15, 0.2) is 36.7 Å². The quantitative estimate of drug-likeness (QED) is 0.835. The molecule has 0 aliphatic carbocycles. The van der Waals surface area contributed by atoms with Gasteiger partial charge in [-0.2, -0.15) is 17.0 Å². The summed E-state index contributed by atoms with van der Waals surface area (Å²) in [5.41, 5.74) is 2.30. The van der Waals surface area contributed by atoms with E-state index in [1.165, 1.54) is 28.9 Å². The summed E-state index contributed by atoms with van der Waals surface area (Å²) >= 11 is 0. The van der Waals surface area contributed by atoms with E-state index in [4.69, 9.17) is 5.11 Å². The minimum absolute atomic E-state index is 0.113. The Morgan fingerprint density at radius 2 is 1.93 bits per heavy atom. The lowest BCUT2D eigenvalue weighted by atomic mass is 9.94. The first-order chi connectivity index (χ1) is 12.8. The number of aromatic carboxylic acids is 1. The van der Waals surface area contributed by atoms with Crippen molar-refractivity contribution in [3.63, 3.8) is 0 Å². The van der Waals surface area contributed by atoms with Crippen LogP contribution < -0.4 is 0 Å². The van der Waals surface area contributed by atoms with Crippen LogP contribution in [0.3, 0.4) is 0 Å². The fraction of sp³-hybridized carbons (Fsp3) is 0.389. The SMILES string of the molecule is CN(C)S(=O)(=O)N1CCC(c2cccc(-c3cncc(C(=O)O)c3)n2)CC1. The van der Waals surface area contributed by atoms with E-state index in [1.54, 1.807) is 12.3 Å². The van der Waals surface area contributed by atoms with E-state index in [9.17, 15) is 13.2 Å². The summed E-state index contributed by atoms with van der Waals surface area (Å²) in [6, 6.07) is 7.18. The third-order valence-electron chi connectivity index (χ3n) is 4.71. The highest BCUT2D eigenvalue weighted by Crippen LogP contribution is 2.30. The third-order valence-corrected chi connectivity index (χ3v) is 6.65. The monoisotopic (exact) mass is 390 g/mol. The van der Waals surface area contributed by atoms with Crippen molar-refractivity contribution >= 4 is 16.2 Å². The molecule has 27 heavy (non-hydrogen) atoms. The molecule has 1 aliphatic heterocycles. The van der Waals surface area contributed by atoms with Crippen LogP contribution in [0.1, 0.15) is 34.8 Å². The number of hydrogen-bond acceptors (Lipinski definition) is 5. The van der Waals surface area contributed by atoms with Gasteiger partial charge in [0, 0.05) is 56.8 Å². The van der Waals surface area contributed by atoms with E-state index in [1.807, 2.05) is 18.2 Å². The van der Waals surface area contributed by atoms with Crippen molar-refractivity contribution in [3.8, 4) is 11.3 Å². The highest BCUT2D eigenvalue weighted by molar-refractivity contribution is 7.86. The number of carbonyl (C=O) groups is 1. The largest absolute Gasteiger partial charge is 0.478 e. The van der Waals surface area contributed by atoms with Crippen molar-refractivity contribution in [1.29, 1.82) is 0 Å². The highest BCUT2D eigenvalue weighted by Gasteiger charge is 2.30. The Balaban J connectivity index is 1.78. The molecule has 3 heterocycles. The van der Waals surface area contributed by atoms with Crippen molar-refractivity contribution in [2.45, 2.75) is 18.8 Å². The average molecular weight is 390 g/mol. The average Bonchev–Trinajstić information content (AvgIpc) is 2.68. The molecule has 0 spiro atoms. The fourth-order valence-corrected chi connectivity index (χ4v) is 4.28. The van der Waals surface area contributed by atoms with Gasteiger partial charge in [0.25, 0.3) is 10.2 Å². The number of rotatable bonds is 5. The maximum absolute atomic E-state index is 12.2. The molecule has 8 nitrogen and oxygen atoms in total. The molecule has 0 radical (unpaired) electrons. The smallest absolute Gasteiger partial charge is 0.337 e. The van der Waals surface area contributed by atoms with Crippen LogP contribution in [-0.2, 0) is 10.2 Å². The molecule has 0 atom stereocenters. The van der Waals surface area contributed by atoms with Crippen molar-refractivity contribution in [2.24, 2.45) is 0 Å². The lowest BCUT2D eigenvalue weighted by Gasteiger charge is -2.32. The Hall–Kier alpha value is -2.36. The normalized spacial score (nSPS) is 16.6. The van der Waals surface area contributed by atoms with Crippen LogP contribution >= 0.6 is 0 Å². The number of aromatic nitrogens is 2. The Morgan fingerprint density at radius 1 is 1.22 bits per heavy atom. The molecule has 144 valence electrons. The van der Waals surface area contributed by atoms with E-state index in [2.05, 4.69) is 9.97 Å². The second-order valence-corrected chi connectivity index (χ2v) is 8.82. The van der Waals surface area contributed by atoms with Crippen LogP contribution in [0, 0.1) is 0 Å². The van der Waals surface area contributed by atoms with Crippen molar-refractivity contribution in [3.05, 3.63) is 47.9 Å². The van der Waals surface area contributed by atoms with Gasteiger partial charge in [0.15, 0.2) is 0 Å². The first kappa shape index (κ1) is 19.4. The van der Waals surface area contributed by atoms with Gasteiger partial charge in [0.05, 0.1) is 11.3 Å². The Bertz CT molecular complexity index is 938. The van der Waals surface area contributed by atoms with Gasteiger partial charge < -0.3 is 5.11 Å². The van der Waals surface area contributed by atoms with Gasteiger partial charge in [0.1, 0.15) is 0 Å². The van der Waals surface area contributed by atoms with Crippen LogP contribution in [-0.4, -0.2) is 65.3 Å². The molecule has 2 aromatic heterocycles. The maximum atomic E-state index is 12.2. The molecule has 1 fully saturated rings. The van der Waals surface area contributed by atoms with E-state index in [0.717, 1.165) is 5.69 Å². The molecule has 9 heteroatoms. The molecule has 1 aliphatic rings. The summed E-state index contributed by atoms with van der Waals surface area (Å²) in [6.07, 6.45) is 4.27. The third kappa shape index (κ3) is 4.15. The summed E-state index contributed by atoms with van der Waals surface area (Å²) in [4.78, 5) is 19.8. The topological polar surface area (TPSA) is 104 Å². The van der Waals surface area contributed by atoms with Crippen molar-refractivity contribution in [2.75, 3.05) is 27.2 Å². The van der Waals surface area contributed by atoms with E-state index in [0.29, 0.717) is 37.2 Å². The van der Waals surface area contributed by atoms with E-state index in [-0.39, 0.29) is 11.5 Å². The van der Waals surface area contributed by atoms with Gasteiger partial charge >= 0.3 is 5.97 Å². The molecule has 3 rings (SSSR count). The lowest BCUT2D eigenvalue weighted by Crippen LogP contribution is -2.44. The maximum Gasteiger partial charge on any atom is 0.337 e. The van der Waals surface area contributed by atoms with Gasteiger partial charge in [-0.25, -0.2) is 4.79 Å². The molecule has 2 aromatic rings. The molecule has 0 unspecified atom stereocenters. The Labute approximate surface area is 158 Å². The number of pyridine rings is 2. The van der Waals surface area contributed by atoms with Gasteiger partial charge in [-0.05, 0) is 31.0 Å². The van der Waals surface area contributed by atoms with Gasteiger partial charge in [-0.3, -0.25) is 9.97 Å². The van der Waals surface area contributed by atoms with Crippen molar-refractivity contribution in [1.82, 2.24) is 18.6 Å². The zero-order chi connectivity index (χ0) is 19.6. The first-order valence-electron chi connectivity index (χ1n) is 8.62. The summed E-state index contributed by atoms with van der Waals surface area (Å²) in [5.74, 6) is -0.871. The second kappa shape index (κ2) is 7.71. The molecular formula is C18H22N4O4S. The van der Waals surface area contributed by atoms with Crippen molar-refractivity contribution < 1.29 is 18.3 Å². The second-order valence-electron chi connectivity index (χ2n) is 6.68. The molecule has 0 saturated carbocycles. The number of nitrogens with zero attached hydrogens (tertiary/aromatic N) is 4. The van der Waals surface area contributed by atoms with Crippen LogP contribution in [0.4, 0.5) is 0 Å². The van der Waals surface area contributed by atoms with Crippen LogP contribution in [0.2, 0.25) is 0 Å². The van der Waals surface area contributed by atoms with Gasteiger partial charge in [0.2, 0.25) is 0 Å². The summed E-state index contributed by atoms with van der Waals surface area (Å²) in [7, 11) is -0.320. The molecule has 1 saturated heterocycles. The molecule has 0 bridgehead atoms. The standard InChI is InChI=1S/C18H22N4O4S/c1-21(2)27(25,26)22-8-6-13(7-9-22)16-4-3-5-17(20-16)14-10-15(18(23)24)12-19-11-14/h3-5,10-13H,6-9H2,1-2H3,(H,23,24). The zero-order valence-corrected chi connectivity index (χ0v) is 16.1. The predicted molar refractivity (Wildman–Crippen MR) is 101 cm³/mol. The molecule has 0 aromatic carbocycles. The number of hydrogen-bond donors (Lipinski definition) is 1. The lowest BCUT2D eigenvalue weighted by molar-refractivity contribution is 0.0696. The first-order valence-corrected chi connectivity index (χ1v) is 10.0. The van der Waals surface area contributed by atoms with Crippen LogP contribution in [0.5, 0.6) is 0 Å². The fourth-order valence-electron chi connectivity index (χ4n) is 3.15. The Morgan fingerprint density at radius 3 is 2.56 bits per heavy atom. The van der Waals surface area contributed by atoms with Gasteiger partial charge in [-0.15, -0.1) is 0 Å². The number of carboxylic acids is 1.